The Kier molecular flexibility index (Phi) is 2.14. The van der Waals surface area contributed by atoms with Gasteiger partial charge in [0.25, 0.3) is 0 Å². The maximum atomic E-state index is 5.77. The van der Waals surface area contributed by atoms with Gasteiger partial charge in [0.2, 0.25) is 5.88 Å². The molecule has 0 aromatic heterocycles. The Morgan fingerprint density at radius 1 is 1.60 bits per heavy atom. The summed E-state index contributed by atoms with van der Waals surface area (Å²) in [6, 6.07) is 0. The van der Waals surface area contributed by atoms with Gasteiger partial charge in [-0.1, -0.05) is 0 Å². The van der Waals surface area contributed by atoms with Crippen molar-refractivity contribution in [3.8, 4) is 0 Å². The van der Waals surface area contributed by atoms with E-state index in [0.29, 0.717) is 12.5 Å². The molecule has 4 heteroatoms. The highest BCUT2D eigenvalue weighted by molar-refractivity contribution is 5.17. The molecule has 3 saturated heterocycles. The lowest BCUT2D eigenvalue weighted by Crippen LogP contribution is -2.58. The van der Waals surface area contributed by atoms with Crippen molar-refractivity contribution in [1.29, 1.82) is 0 Å². The van der Waals surface area contributed by atoms with E-state index in [1.807, 2.05) is 6.92 Å². The molecule has 4 heterocycles. The fraction of sp³-hybridized carbons (Fsp3) is 0.818. The zero-order valence-corrected chi connectivity index (χ0v) is 9.16. The first kappa shape index (κ1) is 9.48. The number of nitrogens with one attached hydrogen (secondary N) is 1. The van der Waals surface area contributed by atoms with E-state index < -0.39 is 0 Å². The van der Waals surface area contributed by atoms with E-state index >= 15 is 0 Å². The number of hydrogen-bond donors (Lipinski definition) is 1. The molecule has 4 aliphatic heterocycles. The van der Waals surface area contributed by atoms with E-state index in [1.54, 1.807) is 0 Å². The Morgan fingerprint density at radius 3 is 3.00 bits per heavy atom. The first-order chi connectivity index (χ1) is 7.32. The maximum absolute atomic E-state index is 5.77. The second-order valence-electron chi connectivity index (χ2n) is 4.65. The molecule has 0 saturated carbocycles. The Balaban J connectivity index is 1.80. The normalized spacial score (nSPS) is 42.9. The van der Waals surface area contributed by atoms with Gasteiger partial charge in [0, 0.05) is 12.6 Å². The molecule has 0 aromatic rings. The van der Waals surface area contributed by atoms with E-state index in [2.05, 4.69) is 16.5 Å². The molecule has 4 aliphatic rings. The SMILES string of the molecule is CCOC1=CC2(CN3CCC2CC3)ON1. The van der Waals surface area contributed by atoms with Crippen molar-refractivity contribution in [3.63, 3.8) is 0 Å². The van der Waals surface area contributed by atoms with Gasteiger partial charge in [-0.15, -0.1) is 0 Å². The summed E-state index contributed by atoms with van der Waals surface area (Å²) in [7, 11) is 0. The number of ether oxygens (including phenoxy) is 1. The maximum Gasteiger partial charge on any atom is 0.209 e. The van der Waals surface area contributed by atoms with Crippen LogP contribution in [0.4, 0.5) is 0 Å². The summed E-state index contributed by atoms with van der Waals surface area (Å²) in [4.78, 5) is 8.25. The molecule has 0 amide bonds. The molecule has 1 spiro atoms. The van der Waals surface area contributed by atoms with Crippen LogP contribution in [0.15, 0.2) is 12.0 Å². The minimum atomic E-state index is -0.110. The molecule has 3 fully saturated rings. The fourth-order valence-corrected chi connectivity index (χ4v) is 2.99. The van der Waals surface area contributed by atoms with E-state index in [1.165, 1.54) is 25.9 Å². The van der Waals surface area contributed by atoms with Crippen molar-refractivity contribution in [1.82, 2.24) is 10.4 Å². The molecule has 0 aliphatic carbocycles. The number of hydrogen-bond acceptors (Lipinski definition) is 4. The summed E-state index contributed by atoms with van der Waals surface area (Å²) in [5.74, 6) is 1.46. The molecule has 84 valence electrons. The van der Waals surface area contributed by atoms with Crippen LogP contribution in [0, 0.1) is 5.92 Å². The van der Waals surface area contributed by atoms with Crippen LogP contribution in [0.2, 0.25) is 0 Å². The van der Waals surface area contributed by atoms with Gasteiger partial charge in [0.05, 0.1) is 6.61 Å². The molecule has 4 nitrogen and oxygen atoms in total. The third-order valence-corrected chi connectivity index (χ3v) is 3.77. The Morgan fingerprint density at radius 2 is 2.40 bits per heavy atom. The average Bonchev–Trinajstić information content (AvgIpc) is 2.64. The quantitative estimate of drug-likeness (QED) is 0.733. The Hall–Kier alpha value is -0.740. The summed E-state index contributed by atoms with van der Waals surface area (Å²) in [6.07, 6.45) is 4.64. The topological polar surface area (TPSA) is 33.7 Å². The van der Waals surface area contributed by atoms with Crippen LogP contribution in [0.3, 0.4) is 0 Å². The highest BCUT2D eigenvalue weighted by atomic mass is 16.7. The van der Waals surface area contributed by atoms with E-state index in [4.69, 9.17) is 9.57 Å². The Labute approximate surface area is 90.2 Å². The lowest BCUT2D eigenvalue weighted by molar-refractivity contribution is -0.143. The largest absolute Gasteiger partial charge is 0.478 e. The zero-order valence-electron chi connectivity index (χ0n) is 9.16. The lowest BCUT2D eigenvalue weighted by Gasteiger charge is -2.48. The van der Waals surface area contributed by atoms with Crippen LogP contribution in [0.25, 0.3) is 0 Å². The monoisotopic (exact) mass is 210 g/mol. The van der Waals surface area contributed by atoms with Crippen LogP contribution in [0.5, 0.6) is 0 Å². The molecular formula is C11H18N2O2. The molecule has 1 N–H and O–H groups in total. The molecule has 1 unspecified atom stereocenters. The molecule has 1 atom stereocenters. The number of rotatable bonds is 2. The minimum Gasteiger partial charge on any atom is -0.478 e. The standard InChI is InChI=1S/C11H18N2O2/c1-2-14-10-7-11(15-12-10)8-13-5-3-9(11)4-6-13/h7,9,12H,2-6,8H2,1H3. The van der Waals surface area contributed by atoms with Crippen molar-refractivity contribution in [2.75, 3.05) is 26.2 Å². The smallest absolute Gasteiger partial charge is 0.209 e. The summed E-state index contributed by atoms with van der Waals surface area (Å²) in [5.41, 5.74) is 2.81. The molecule has 15 heavy (non-hydrogen) atoms. The van der Waals surface area contributed by atoms with Gasteiger partial charge in [-0.2, -0.15) is 0 Å². The summed E-state index contributed by atoms with van der Waals surface area (Å²) in [5, 5.41) is 0. The van der Waals surface area contributed by atoms with Crippen LogP contribution < -0.4 is 5.48 Å². The van der Waals surface area contributed by atoms with E-state index in [9.17, 15) is 0 Å². The number of nitrogens with zero attached hydrogens (tertiary/aromatic N) is 1. The van der Waals surface area contributed by atoms with Gasteiger partial charge in [-0.3, -0.25) is 9.74 Å². The number of piperidine rings is 3. The summed E-state index contributed by atoms with van der Waals surface area (Å²) >= 11 is 0. The molecule has 2 bridgehead atoms. The van der Waals surface area contributed by atoms with Crippen molar-refractivity contribution in [2.24, 2.45) is 5.92 Å². The average molecular weight is 210 g/mol. The predicted octanol–water partition coefficient (Wildman–Crippen LogP) is 0.863. The van der Waals surface area contributed by atoms with Crippen molar-refractivity contribution in [3.05, 3.63) is 12.0 Å². The van der Waals surface area contributed by atoms with Crippen molar-refractivity contribution >= 4 is 0 Å². The molecule has 4 rings (SSSR count). The molecule has 0 aromatic carbocycles. The van der Waals surface area contributed by atoms with Gasteiger partial charge >= 0.3 is 0 Å². The van der Waals surface area contributed by atoms with Gasteiger partial charge in [0.15, 0.2) is 0 Å². The Bertz CT molecular complexity index is 284. The van der Waals surface area contributed by atoms with E-state index in [-0.39, 0.29) is 5.60 Å². The van der Waals surface area contributed by atoms with Crippen molar-refractivity contribution in [2.45, 2.75) is 25.4 Å². The highest BCUT2D eigenvalue weighted by Gasteiger charge is 2.50. The van der Waals surface area contributed by atoms with Crippen LogP contribution in [0.1, 0.15) is 19.8 Å². The predicted molar refractivity (Wildman–Crippen MR) is 55.8 cm³/mol. The second-order valence-corrected chi connectivity index (χ2v) is 4.65. The molecular weight excluding hydrogens is 192 g/mol. The zero-order chi connectivity index (χ0) is 10.3. The lowest BCUT2D eigenvalue weighted by atomic mass is 9.75. The van der Waals surface area contributed by atoms with Crippen LogP contribution in [-0.4, -0.2) is 36.7 Å². The first-order valence-electron chi connectivity index (χ1n) is 5.84. The van der Waals surface area contributed by atoms with E-state index in [0.717, 1.165) is 12.4 Å². The second kappa shape index (κ2) is 3.39. The molecule has 0 radical (unpaired) electrons. The number of hydroxylamine groups is 1. The van der Waals surface area contributed by atoms with Gasteiger partial charge < -0.3 is 4.74 Å². The number of fused-ring (bicyclic) bond motifs is 2. The highest BCUT2D eigenvalue weighted by Crippen LogP contribution is 2.41. The first-order valence-corrected chi connectivity index (χ1v) is 5.84. The third kappa shape index (κ3) is 1.43. The summed E-state index contributed by atoms with van der Waals surface area (Å²) < 4.78 is 5.44. The summed E-state index contributed by atoms with van der Waals surface area (Å²) in [6.45, 7) is 6.15. The van der Waals surface area contributed by atoms with Gasteiger partial charge in [-0.05, 0) is 38.8 Å². The minimum absolute atomic E-state index is 0.110. The van der Waals surface area contributed by atoms with Crippen LogP contribution in [-0.2, 0) is 9.57 Å². The third-order valence-electron chi connectivity index (χ3n) is 3.77. The fourth-order valence-electron chi connectivity index (χ4n) is 2.99. The van der Waals surface area contributed by atoms with Crippen molar-refractivity contribution < 1.29 is 9.57 Å². The van der Waals surface area contributed by atoms with Crippen LogP contribution >= 0.6 is 0 Å². The van der Waals surface area contributed by atoms with Gasteiger partial charge in [-0.25, -0.2) is 5.48 Å². The van der Waals surface area contributed by atoms with Gasteiger partial charge in [0.1, 0.15) is 5.60 Å².